The molecular formula is C14H26O2. The fourth-order valence-corrected chi connectivity index (χ4v) is 1.54. The number of hydrogen-bond donors (Lipinski definition) is 0. The fraction of sp³-hybridized carbons (Fsp3) is 0.786. The van der Waals surface area contributed by atoms with Crippen LogP contribution in [0.4, 0.5) is 0 Å². The molecule has 0 radical (unpaired) electrons. The molecular weight excluding hydrogens is 200 g/mol. The molecule has 16 heavy (non-hydrogen) atoms. The van der Waals surface area contributed by atoms with Gasteiger partial charge >= 0.3 is 5.97 Å². The summed E-state index contributed by atoms with van der Waals surface area (Å²) >= 11 is 0. The van der Waals surface area contributed by atoms with Crippen molar-refractivity contribution < 1.29 is 9.53 Å². The zero-order valence-corrected chi connectivity index (χ0v) is 11.3. The van der Waals surface area contributed by atoms with Crippen LogP contribution >= 0.6 is 0 Å². The summed E-state index contributed by atoms with van der Waals surface area (Å²) in [5, 5.41) is 0. The number of esters is 1. The fourth-order valence-electron chi connectivity index (χ4n) is 1.54. The van der Waals surface area contributed by atoms with Crippen LogP contribution in [0.15, 0.2) is 12.2 Å². The maximum atomic E-state index is 11.4. The van der Waals surface area contributed by atoms with E-state index in [0.717, 1.165) is 12.8 Å². The second-order valence-corrected chi connectivity index (χ2v) is 5.09. The smallest absolute Gasteiger partial charge is 0.333 e. The van der Waals surface area contributed by atoms with Gasteiger partial charge < -0.3 is 4.74 Å². The van der Waals surface area contributed by atoms with Crippen LogP contribution in [-0.2, 0) is 9.53 Å². The molecule has 0 aliphatic rings. The second kappa shape index (κ2) is 7.48. The minimum Gasteiger partial charge on any atom is -0.456 e. The minimum atomic E-state index is -0.359. The third kappa shape index (κ3) is 7.49. The van der Waals surface area contributed by atoms with Gasteiger partial charge in [-0.05, 0) is 33.6 Å². The highest BCUT2D eigenvalue weighted by Gasteiger charge is 2.22. The summed E-state index contributed by atoms with van der Waals surface area (Å²) in [6, 6.07) is 0. The third-order valence-electron chi connectivity index (χ3n) is 2.60. The molecule has 0 aliphatic carbocycles. The molecule has 94 valence electrons. The van der Waals surface area contributed by atoms with E-state index in [4.69, 9.17) is 4.74 Å². The molecule has 0 aromatic carbocycles. The Morgan fingerprint density at radius 1 is 1.19 bits per heavy atom. The van der Waals surface area contributed by atoms with Gasteiger partial charge in [-0.3, -0.25) is 0 Å². The number of unbranched alkanes of at least 4 members (excludes halogenated alkanes) is 4. The van der Waals surface area contributed by atoms with Gasteiger partial charge in [0.2, 0.25) is 0 Å². The van der Waals surface area contributed by atoms with Gasteiger partial charge in [-0.1, -0.05) is 39.2 Å². The average Bonchev–Trinajstić information content (AvgIpc) is 2.16. The van der Waals surface area contributed by atoms with Gasteiger partial charge in [-0.2, -0.15) is 0 Å². The molecule has 0 unspecified atom stereocenters. The minimum absolute atomic E-state index is 0.279. The Bertz CT molecular complexity index is 229. The van der Waals surface area contributed by atoms with E-state index >= 15 is 0 Å². The Hall–Kier alpha value is -0.790. The van der Waals surface area contributed by atoms with Crippen molar-refractivity contribution >= 4 is 5.97 Å². The van der Waals surface area contributed by atoms with Crippen molar-refractivity contribution in [1.29, 1.82) is 0 Å². The molecule has 0 aromatic rings. The van der Waals surface area contributed by atoms with E-state index in [1.807, 2.05) is 13.8 Å². The number of ether oxygens (including phenoxy) is 1. The van der Waals surface area contributed by atoms with E-state index in [1.54, 1.807) is 6.92 Å². The first-order valence-corrected chi connectivity index (χ1v) is 6.28. The SMILES string of the molecule is C=C(C)C(=O)OC(C)(C)CCCCCCC. The highest BCUT2D eigenvalue weighted by atomic mass is 16.6. The predicted octanol–water partition coefficient (Wildman–Crippen LogP) is 4.24. The summed E-state index contributed by atoms with van der Waals surface area (Å²) in [6.07, 6.45) is 7.11. The Morgan fingerprint density at radius 2 is 1.75 bits per heavy atom. The Balaban J connectivity index is 3.78. The van der Waals surface area contributed by atoms with Gasteiger partial charge in [0.1, 0.15) is 5.60 Å². The van der Waals surface area contributed by atoms with E-state index in [0.29, 0.717) is 5.57 Å². The lowest BCUT2D eigenvalue weighted by Crippen LogP contribution is -2.28. The quantitative estimate of drug-likeness (QED) is 0.351. The van der Waals surface area contributed by atoms with E-state index < -0.39 is 0 Å². The molecule has 0 rings (SSSR count). The van der Waals surface area contributed by atoms with Gasteiger partial charge in [0.05, 0.1) is 0 Å². The van der Waals surface area contributed by atoms with Gasteiger partial charge in [-0.15, -0.1) is 0 Å². The standard InChI is InChI=1S/C14H26O2/c1-6-7-8-9-10-11-14(4,5)16-13(15)12(2)3/h2,6-11H2,1,3-5H3. The number of carbonyl (C=O) groups excluding carboxylic acids is 1. The molecule has 0 saturated carbocycles. The topological polar surface area (TPSA) is 26.3 Å². The lowest BCUT2D eigenvalue weighted by atomic mass is 9.99. The Morgan fingerprint density at radius 3 is 2.25 bits per heavy atom. The van der Waals surface area contributed by atoms with Crippen molar-refractivity contribution in [1.82, 2.24) is 0 Å². The molecule has 2 heteroatoms. The van der Waals surface area contributed by atoms with Crippen LogP contribution in [0.3, 0.4) is 0 Å². The van der Waals surface area contributed by atoms with Crippen molar-refractivity contribution in [3.8, 4) is 0 Å². The van der Waals surface area contributed by atoms with E-state index in [2.05, 4.69) is 13.5 Å². The third-order valence-corrected chi connectivity index (χ3v) is 2.60. The lowest BCUT2D eigenvalue weighted by molar-refractivity contribution is -0.152. The first-order valence-electron chi connectivity index (χ1n) is 6.28. The van der Waals surface area contributed by atoms with Crippen molar-refractivity contribution in [2.75, 3.05) is 0 Å². The van der Waals surface area contributed by atoms with Crippen molar-refractivity contribution in [2.45, 2.75) is 71.8 Å². The van der Waals surface area contributed by atoms with Crippen LogP contribution in [-0.4, -0.2) is 11.6 Å². The molecule has 0 amide bonds. The highest BCUT2D eigenvalue weighted by Crippen LogP contribution is 2.20. The van der Waals surface area contributed by atoms with Crippen LogP contribution in [0.2, 0.25) is 0 Å². The molecule has 0 heterocycles. The summed E-state index contributed by atoms with van der Waals surface area (Å²) in [5.74, 6) is -0.279. The van der Waals surface area contributed by atoms with Crippen LogP contribution in [0.25, 0.3) is 0 Å². The van der Waals surface area contributed by atoms with Crippen molar-refractivity contribution in [3.05, 3.63) is 12.2 Å². The monoisotopic (exact) mass is 226 g/mol. The largest absolute Gasteiger partial charge is 0.456 e. The zero-order valence-electron chi connectivity index (χ0n) is 11.3. The second-order valence-electron chi connectivity index (χ2n) is 5.09. The Kier molecular flexibility index (Phi) is 7.11. The summed E-state index contributed by atoms with van der Waals surface area (Å²) in [6.45, 7) is 11.4. The molecule has 2 nitrogen and oxygen atoms in total. The summed E-state index contributed by atoms with van der Waals surface area (Å²) in [5.41, 5.74) is 0.112. The van der Waals surface area contributed by atoms with E-state index in [-0.39, 0.29) is 11.6 Å². The average molecular weight is 226 g/mol. The van der Waals surface area contributed by atoms with Gasteiger partial charge in [0.25, 0.3) is 0 Å². The summed E-state index contributed by atoms with van der Waals surface area (Å²) < 4.78 is 5.37. The molecule has 0 spiro atoms. The molecule has 0 saturated heterocycles. The number of rotatable bonds is 8. The molecule has 0 aliphatic heterocycles. The zero-order chi connectivity index (χ0) is 12.6. The molecule has 0 N–H and O–H groups in total. The van der Waals surface area contributed by atoms with Crippen LogP contribution in [0.1, 0.15) is 66.2 Å². The summed E-state index contributed by atoms with van der Waals surface area (Å²) in [4.78, 5) is 11.4. The normalized spacial score (nSPS) is 11.2. The van der Waals surface area contributed by atoms with E-state index in [1.165, 1.54) is 25.7 Å². The highest BCUT2D eigenvalue weighted by molar-refractivity contribution is 5.87. The van der Waals surface area contributed by atoms with Crippen molar-refractivity contribution in [2.24, 2.45) is 0 Å². The summed E-state index contributed by atoms with van der Waals surface area (Å²) in [7, 11) is 0. The van der Waals surface area contributed by atoms with Gasteiger partial charge in [-0.25, -0.2) is 4.79 Å². The van der Waals surface area contributed by atoms with Crippen LogP contribution in [0.5, 0.6) is 0 Å². The first-order chi connectivity index (χ1) is 7.39. The maximum absolute atomic E-state index is 11.4. The van der Waals surface area contributed by atoms with Gasteiger partial charge in [0.15, 0.2) is 0 Å². The lowest BCUT2D eigenvalue weighted by Gasteiger charge is -2.25. The molecule has 0 atom stereocenters. The molecule has 0 bridgehead atoms. The Labute approximate surface area is 100 Å². The van der Waals surface area contributed by atoms with Crippen molar-refractivity contribution in [3.63, 3.8) is 0 Å². The number of carbonyl (C=O) groups is 1. The molecule has 0 aromatic heterocycles. The van der Waals surface area contributed by atoms with Crippen LogP contribution in [0, 0.1) is 0 Å². The van der Waals surface area contributed by atoms with Crippen LogP contribution < -0.4 is 0 Å². The predicted molar refractivity (Wildman–Crippen MR) is 68.4 cm³/mol. The first kappa shape index (κ1) is 15.2. The van der Waals surface area contributed by atoms with E-state index in [9.17, 15) is 4.79 Å². The maximum Gasteiger partial charge on any atom is 0.333 e. The number of hydrogen-bond acceptors (Lipinski definition) is 2. The van der Waals surface area contributed by atoms with Gasteiger partial charge in [0, 0.05) is 5.57 Å². The molecule has 0 fully saturated rings.